The Hall–Kier alpha value is -1.60. The second-order valence-electron chi connectivity index (χ2n) is 6.78. The Morgan fingerprint density at radius 3 is 2.52 bits per heavy atom. The minimum atomic E-state index is 0.638. The first-order valence-corrected chi connectivity index (χ1v) is 8.18. The second kappa shape index (κ2) is 5.31. The van der Waals surface area contributed by atoms with Crippen molar-refractivity contribution in [2.24, 2.45) is 11.8 Å². The molecule has 21 heavy (non-hydrogen) atoms. The molecule has 1 aromatic rings. The molecule has 1 saturated heterocycles. The fourth-order valence-corrected chi connectivity index (χ4v) is 4.58. The topological polar surface area (TPSA) is 43.2 Å². The fourth-order valence-electron chi connectivity index (χ4n) is 4.58. The maximum absolute atomic E-state index is 8.84. The van der Waals surface area contributed by atoms with Gasteiger partial charge in [-0.25, -0.2) is 4.98 Å². The predicted molar refractivity (Wildman–Crippen MR) is 82.0 cm³/mol. The molecule has 0 spiro atoms. The number of nitriles is 1. The van der Waals surface area contributed by atoms with Crippen LogP contribution in [0.5, 0.6) is 0 Å². The molecule has 3 aliphatic rings. The van der Waals surface area contributed by atoms with E-state index in [0.29, 0.717) is 5.56 Å². The largest absolute Gasteiger partial charge is 0.354 e. The summed E-state index contributed by atoms with van der Waals surface area (Å²) in [4.78, 5) is 9.50. The third kappa shape index (κ3) is 2.40. The molecule has 1 aliphatic heterocycles. The minimum Gasteiger partial charge on any atom is -0.354 e. The number of hydrogen-bond acceptors (Lipinski definition) is 4. The zero-order chi connectivity index (χ0) is 14.2. The summed E-state index contributed by atoms with van der Waals surface area (Å²) in [7, 11) is 0. The van der Waals surface area contributed by atoms with Crippen LogP contribution in [0.2, 0.25) is 0 Å². The molecular weight excluding hydrogens is 260 g/mol. The van der Waals surface area contributed by atoms with Gasteiger partial charge in [0.05, 0.1) is 5.56 Å². The Kier molecular flexibility index (Phi) is 3.31. The van der Waals surface area contributed by atoms with Crippen molar-refractivity contribution in [3.05, 3.63) is 23.9 Å². The number of hydrogen-bond donors (Lipinski definition) is 0. The van der Waals surface area contributed by atoms with E-state index in [-0.39, 0.29) is 0 Å². The Morgan fingerprint density at radius 2 is 1.95 bits per heavy atom. The molecule has 2 heterocycles. The lowest BCUT2D eigenvalue weighted by Crippen LogP contribution is -2.52. The molecule has 4 heteroatoms. The number of aromatic nitrogens is 1. The first-order valence-electron chi connectivity index (χ1n) is 8.18. The average Bonchev–Trinajstić information content (AvgIpc) is 3.18. The highest BCUT2D eigenvalue weighted by Crippen LogP contribution is 2.46. The molecule has 0 amide bonds. The van der Waals surface area contributed by atoms with Crippen molar-refractivity contribution in [3.63, 3.8) is 0 Å². The van der Waals surface area contributed by atoms with E-state index >= 15 is 0 Å². The van der Waals surface area contributed by atoms with Gasteiger partial charge in [0.15, 0.2) is 0 Å². The molecule has 3 fully saturated rings. The van der Waals surface area contributed by atoms with Crippen molar-refractivity contribution in [1.82, 2.24) is 9.88 Å². The first kappa shape index (κ1) is 13.1. The van der Waals surface area contributed by atoms with Crippen LogP contribution in [0.25, 0.3) is 0 Å². The van der Waals surface area contributed by atoms with E-state index in [1.54, 1.807) is 6.20 Å². The zero-order valence-corrected chi connectivity index (χ0v) is 12.4. The molecule has 0 radical (unpaired) electrons. The van der Waals surface area contributed by atoms with E-state index in [9.17, 15) is 0 Å². The normalized spacial score (nSPS) is 32.3. The molecule has 0 N–H and O–H groups in total. The predicted octanol–water partition coefficient (Wildman–Crippen LogP) is 2.26. The smallest absolute Gasteiger partial charge is 0.128 e. The molecular formula is C17H22N4. The van der Waals surface area contributed by atoms with Gasteiger partial charge in [-0.1, -0.05) is 6.42 Å². The maximum atomic E-state index is 8.84. The summed E-state index contributed by atoms with van der Waals surface area (Å²) in [5, 5.41) is 8.84. The standard InChI is InChI=1S/C17H22N4/c18-11-14-2-4-17(19-12-14)21-7-5-20(6-8-21)16-10-13-1-3-15(16)9-13/h2,4,12-13,15-16H,1,3,5-10H2/t13-,15-,16-/m0/s1. The lowest BCUT2D eigenvalue weighted by atomic mass is 9.93. The Morgan fingerprint density at radius 1 is 1.10 bits per heavy atom. The summed E-state index contributed by atoms with van der Waals surface area (Å²) >= 11 is 0. The summed E-state index contributed by atoms with van der Waals surface area (Å²) in [6.07, 6.45) is 7.56. The van der Waals surface area contributed by atoms with E-state index < -0.39 is 0 Å². The highest BCUT2D eigenvalue weighted by atomic mass is 15.3. The summed E-state index contributed by atoms with van der Waals surface area (Å²) in [5.74, 6) is 3.02. The van der Waals surface area contributed by atoms with Crippen LogP contribution in [0.4, 0.5) is 5.82 Å². The molecule has 110 valence electrons. The molecule has 2 saturated carbocycles. The molecule has 1 aromatic heterocycles. The quantitative estimate of drug-likeness (QED) is 0.834. The number of anilines is 1. The minimum absolute atomic E-state index is 0.638. The zero-order valence-electron chi connectivity index (χ0n) is 12.4. The van der Waals surface area contributed by atoms with Crippen LogP contribution in [-0.2, 0) is 0 Å². The third-order valence-corrected chi connectivity index (χ3v) is 5.69. The summed E-state index contributed by atoms with van der Waals surface area (Å²) in [6, 6.07) is 6.83. The van der Waals surface area contributed by atoms with Gasteiger partial charge in [-0.15, -0.1) is 0 Å². The number of pyridine rings is 1. The van der Waals surface area contributed by atoms with Crippen LogP contribution < -0.4 is 4.90 Å². The highest BCUT2D eigenvalue weighted by Gasteiger charge is 2.42. The maximum Gasteiger partial charge on any atom is 0.128 e. The Balaban J connectivity index is 1.37. The molecule has 0 aromatic carbocycles. The number of rotatable bonds is 2. The lowest BCUT2D eigenvalue weighted by Gasteiger charge is -2.41. The van der Waals surface area contributed by atoms with Gasteiger partial charge in [0, 0.05) is 38.4 Å². The van der Waals surface area contributed by atoms with Crippen LogP contribution in [0, 0.1) is 23.2 Å². The van der Waals surface area contributed by atoms with Gasteiger partial charge in [0.25, 0.3) is 0 Å². The molecule has 0 unspecified atom stereocenters. The van der Waals surface area contributed by atoms with Gasteiger partial charge in [-0.2, -0.15) is 5.26 Å². The van der Waals surface area contributed by atoms with E-state index in [0.717, 1.165) is 49.9 Å². The number of piperazine rings is 1. The summed E-state index contributed by atoms with van der Waals surface area (Å²) in [6.45, 7) is 4.45. The van der Waals surface area contributed by atoms with Gasteiger partial charge >= 0.3 is 0 Å². The first-order chi connectivity index (χ1) is 10.3. The van der Waals surface area contributed by atoms with E-state index in [1.165, 1.54) is 25.7 Å². The van der Waals surface area contributed by atoms with Gasteiger partial charge < -0.3 is 4.90 Å². The van der Waals surface area contributed by atoms with E-state index in [4.69, 9.17) is 5.26 Å². The Labute approximate surface area is 126 Å². The van der Waals surface area contributed by atoms with Gasteiger partial charge in [0.1, 0.15) is 11.9 Å². The third-order valence-electron chi connectivity index (χ3n) is 5.69. The van der Waals surface area contributed by atoms with Crippen LogP contribution in [0.15, 0.2) is 18.3 Å². The van der Waals surface area contributed by atoms with Gasteiger partial charge in [-0.3, -0.25) is 4.90 Å². The molecule has 2 aliphatic carbocycles. The fraction of sp³-hybridized carbons (Fsp3) is 0.647. The van der Waals surface area contributed by atoms with E-state index in [2.05, 4.69) is 20.9 Å². The Bertz CT molecular complexity index is 539. The van der Waals surface area contributed by atoms with Crippen molar-refractivity contribution >= 4 is 5.82 Å². The average molecular weight is 282 g/mol. The summed E-state index contributed by atoms with van der Waals surface area (Å²) < 4.78 is 0. The monoisotopic (exact) mass is 282 g/mol. The van der Waals surface area contributed by atoms with Crippen molar-refractivity contribution in [3.8, 4) is 6.07 Å². The number of fused-ring (bicyclic) bond motifs is 2. The molecule has 2 bridgehead atoms. The van der Waals surface area contributed by atoms with Gasteiger partial charge in [0.2, 0.25) is 0 Å². The van der Waals surface area contributed by atoms with Crippen molar-refractivity contribution < 1.29 is 0 Å². The van der Waals surface area contributed by atoms with Crippen LogP contribution in [0.3, 0.4) is 0 Å². The van der Waals surface area contributed by atoms with Crippen LogP contribution in [-0.4, -0.2) is 42.1 Å². The molecule has 4 nitrogen and oxygen atoms in total. The van der Waals surface area contributed by atoms with Crippen molar-refractivity contribution in [1.29, 1.82) is 5.26 Å². The SMILES string of the molecule is N#Cc1ccc(N2CCN([C@H]3C[C@H]4CC[C@H]3C4)CC2)nc1. The van der Waals surface area contributed by atoms with Crippen molar-refractivity contribution in [2.75, 3.05) is 31.1 Å². The lowest BCUT2D eigenvalue weighted by molar-refractivity contribution is 0.134. The van der Waals surface area contributed by atoms with Crippen LogP contribution >= 0.6 is 0 Å². The van der Waals surface area contributed by atoms with Crippen molar-refractivity contribution in [2.45, 2.75) is 31.7 Å². The second-order valence-corrected chi connectivity index (χ2v) is 6.78. The van der Waals surface area contributed by atoms with Gasteiger partial charge in [-0.05, 0) is 43.2 Å². The molecule has 3 atom stereocenters. The number of nitrogens with zero attached hydrogens (tertiary/aromatic N) is 4. The van der Waals surface area contributed by atoms with E-state index in [1.807, 2.05) is 12.1 Å². The highest BCUT2D eigenvalue weighted by molar-refractivity contribution is 5.42. The van der Waals surface area contributed by atoms with Crippen LogP contribution in [0.1, 0.15) is 31.2 Å². The molecule has 4 rings (SSSR count). The summed E-state index contributed by atoms with van der Waals surface area (Å²) in [5.41, 5.74) is 0.638.